The molecular formula is C20H25N3O2. The Kier molecular flexibility index (Phi) is 5.66. The lowest BCUT2D eigenvalue weighted by molar-refractivity contribution is -0.134. The molecule has 1 aromatic heterocycles. The van der Waals surface area contributed by atoms with E-state index in [9.17, 15) is 4.79 Å². The minimum Gasteiger partial charge on any atom is -0.466 e. The van der Waals surface area contributed by atoms with Crippen LogP contribution in [0.25, 0.3) is 6.08 Å². The molecular weight excluding hydrogens is 314 g/mol. The van der Waals surface area contributed by atoms with E-state index in [4.69, 9.17) is 0 Å². The van der Waals surface area contributed by atoms with Crippen LogP contribution in [0.5, 0.6) is 0 Å². The lowest BCUT2D eigenvalue weighted by atomic mass is 10.0. The molecule has 0 saturated carbocycles. The van der Waals surface area contributed by atoms with Crippen LogP contribution in [0.3, 0.4) is 0 Å². The van der Waals surface area contributed by atoms with Gasteiger partial charge < -0.3 is 4.74 Å². The standard InChI is InChI=1S/C20H25N3O2/c1-16-11-13-23(21-16)15-14-22-12-3-4-19(22)18-8-5-17(6-9-18)7-10-20(24)25-2/h5-11,13,19H,3-4,12,14-15H2,1-2H3/t19-/m0/s1. The monoisotopic (exact) mass is 339 g/mol. The van der Waals surface area contributed by atoms with Gasteiger partial charge in [0.25, 0.3) is 0 Å². The first kappa shape index (κ1) is 17.4. The number of benzene rings is 1. The normalized spacial score (nSPS) is 18.1. The number of hydrogen-bond donors (Lipinski definition) is 0. The zero-order valence-electron chi connectivity index (χ0n) is 14.9. The van der Waals surface area contributed by atoms with Crippen LogP contribution in [0.2, 0.25) is 0 Å². The van der Waals surface area contributed by atoms with Gasteiger partial charge in [-0.15, -0.1) is 0 Å². The Balaban J connectivity index is 1.61. The molecule has 132 valence electrons. The Morgan fingerprint density at radius 1 is 1.28 bits per heavy atom. The molecule has 0 amide bonds. The molecule has 0 bridgehead atoms. The van der Waals surface area contributed by atoms with E-state index >= 15 is 0 Å². The number of nitrogens with zero attached hydrogens (tertiary/aromatic N) is 3. The summed E-state index contributed by atoms with van der Waals surface area (Å²) >= 11 is 0. The maximum absolute atomic E-state index is 11.2. The first-order valence-electron chi connectivity index (χ1n) is 8.76. The molecule has 2 aromatic rings. The van der Waals surface area contributed by atoms with Gasteiger partial charge in [-0.1, -0.05) is 24.3 Å². The molecule has 25 heavy (non-hydrogen) atoms. The van der Waals surface area contributed by atoms with Gasteiger partial charge in [0.05, 0.1) is 19.3 Å². The first-order valence-corrected chi connectivity index (χ1v) is 8.76. The average Bonchev–Trinajstić information content (AvgIpc) is 3.27. The highest BCUT2D eigenvalue weighted by atomic mass is 16.5. The number of carbonyl (C=O) groups is 1. The summed E-state index contributed by atoms with van der Waals surface area (Å²) in [7, 11) is 1.38. The molecule has 1 aliphatic rings. The fourth-order valence-corrected chi connectivity index (χ4v) is 3.35. The number of carbonyl (C=O) groups excluding carboxylic acids is 1. The Bertz CT molecular complexity index is 734. The van der Waals surface area contributed by atoms with Crippen LogP contribution < -0.4 is 0 Å². The van der Waals surface area contributed by atoms with Crippen molar-refractivity contribution in [2.75, 3.05) is 20.2 Å². The summed E-state index contributed by atoms with van der Waals surface area (Å²) in [6.07, 6.45) is 7.69. The van der Waals surface area contributed by atoms with Crippen molar-refractivity contribution in [3.8, 4) is 0 Å². The molecule has 3 rings (SSSR count). The van der Waals surface area contributed by atoms with E-state index in [-0.39, 0.29) is 5.97 Å². The van der Waals surface area contributed by atoms with Crippen LogP contribution in [0.15, 0.2) is 42.6 Å². The predicted octanol–water partition coefficient (Wildman–Crippen LogP) is 3.21. The summed E-state index contributed by atoms with van der Waals surface area (Å²) < 4.78 is 6.64. The molecule has 0 aliphatic carbocycles. The van der Waals surface area contributed by atoms with Gasteiger partial charge in [-0.05, 0) is 49.6 Å². The van der Waals surface area contributed by atoms with Crippen molar-refractivity contribution in [1.29, 1.82) is 0 Å². The SMILES string of the molecule is COC(=O)C=Cc1ccc([C@@H]2CCCN2CCn2ccc(C)n2)cc1. The van der Waals surface area contributed by atoms with Crippen molar-refractivity contribution in [1.82, 2.24) is 14.7 Å². The summed E-state index contributed by atoms with van der Waals surface area (Å²) in [5, 5.41) is 4.47. The number of rotatable bonds is 6. The summed E-state index contributed by atoms with van der Waals surface area (Å²) in [6.45, 7) is 5.08. The third-order valence-electron chi connectivity index (χ3n) is 4.69. The van der Waals surface area contributed by atoms with E-state index in [2.05, 4.69) is 39.0 Å². The van der Waals surface area contributed by atoms with E-state index in [0.29, 0.717) is 6.04 Å². The van der Waals surface area contributed by atoms with Crippen molar-refractivity contribution in [3.05, 3.63) is 59.4 Å². The maximum Gasteiger partial charge on any atom is 0.330 e. The fraction of sp³-hybridized carbons (Fsp3) is 0.400. The van der Waals surface area contributed by atoms with Crippen LogP contribution in [0.1, 0.15) is 35.7 Å². The van der Waals surface area contributed by atoms with Gasteiger partial charge in [0, 0.05) is 24.9 Å². The Morgan fingerprint density at radius 2 is 2.08 bits per heavy atom. The van der Waals surface area contributed by atoms with Crippen LogP contribution in [-0.2, 0) is 16.1 Å². The van der Waals surface area contributed by atoms with Gasteiger partial charge in [-0.25, -0.2) is 4.79 Å². The molecule has 5 nitrogen and oxygen atoms in total. The van der Waals surface area contributed by atoms with Crippen molar-refractivity contribution in [2.24, 2.45) is 0 Å². The molecule has 1 aromatic carbocycles. The minimum absolute atomic E-state index is 0.333. The number of aryl methyl sites for hydroxylation is 1. The smallest absolute Gasteiger partial charge is 0.330 e. The average molecular weight is 339 g/mol. The number of likely N-dealkylation sites (tertiary alicyclic amines) is 1. The van der Waals surface area contributed by atoms with Crippen LogP contribution in [-0.4, -0.2) is 40.8 Å². The highest BCUT2D eigenvalue weighted by Crippen LogP contribution is 2.31. The lowest BCUT2D eigenvalue weighted by Gasteiger charge is -2.24. The molecule has 0 unspecified atom stereocenters. The highest BCUT2D eigenvalue weighted by molar-refractivity contribution is 5.86. The molecule has 1 aliphatic heterocycles. The van der Waals surface area contributed by atoms with E-state index < -0.39 is 0 Å². The van der Waals surface area contributed by atoms with Gasteiger partial charge in [0.15, 0.2) is 0 Å². The number of aromatic nitrogens is 2. The largest absolute Gasteiger partial charge is 0.466 e. The molecule has 0 N–H and O–H groups in total. The summed E-state index contributed by atoms with van der Waals surface area (Å²) in [5.74, 6) is -0.333. The van der Waals surface area contributed by atoms with Gasteiger partial charge in [0.2, 0.25) is 0 Å². The molecule has 1 atom stereocenters. The van der Waals surface area contributed by atoms with Crippen LogP contribution >= 0.6 is 0 Å². The fourth-order valence-electron chi connectivity index (χ4n) is 3.35. The van der Waals surface area contributed by atoms with Crippen molar-refractivity contribution < 1.29 is 9.53 Å². The first-order chi connectivity index (χ1) is 12.2. The number of ether oxygens (including phenoxy) is 1. The van der Waals surface area contributed by atoms with Crippen molar-refractivity contribution in [2.45, 2.75) is 32.4 Å². The van der Waals surface area contributed by atoms with Gasteiger partial charge in [-0.2, -0.15) is 5.10 Å². The molecule has 0 radical (unpaired) electrons. The van der Waals surface area contributed by atoms with Gasteiger partial charge in [0.1, 0.15) is 0 Å². The van der Waals surface area contributed by atoms with Gasteiger partial charge in [-0.3, -0.25) is 9.58 Å². The van der Waals surface area contributed by atoms with E-state index in [1.54, 1.807) is 6.08 Å². The van der Waals surface area contributed by atoms with Crippen LogP contribution in [0.4, 0.5) is 0 Å². The van der Waals surface area contributed by atoms with Crippen molar-refractivity contribution in [3.63, 3.8) is 0 Å². The van der Waals surface area contributed by atoms with E-state index in [0.717, 1.165) is 30.9 Å². The molecule has 1 saturated heterocycles. The zero-order chi connectivity index (χ0) is 17.6. The summed E-state index contributed by atoms with van der Waals surface area (Å²) in [4.78, 5) is 13.7. The second-order valence-electron chi connectivity index (χ2n) is 6.44. The van der Waals surface area contributed by atoms with E-state index in [1.165, 1.54) is 31.6 Å². The molecule has 2 heterocycles. The van der Waals surface area contributed by atoms with Crippen LogP contribution in [0, 0.1) is 6.92 Å². The predicted molar refractivity (Wildman–Crippen MR) is 98.0 cm³/mol. The number of hydrogen-bond acceptors (Lipinski definition) is 4. The number of esters is 1. The molecule has 0 spiro atoms. The Labute approximate surface area is 148 Å². The second-order valence-corrected chi connectivity index (χ2v) is 6.44. The topological polar surface area (TPSA) is 47.4 Å². The lowest BCUT2D eigenvalue weighted by Crippen LogP contribution is -2.27. The molecule has 1 fully saturated rings. The van der Waals surface area contributed by atoms with Gasteiger partial charge >= 0.3 is 5.97 Å². The number of methoxy groups -OCH3 is 1. The Hall–Kier alpha value is -2.40. The van der Waals surface area contributed by atoms with Crippen molar-refractivity contribution >= 4 is 12.0 Å². The highest BCUT2D eigenvalue weighted by Gasteiger charge is 2.25. The third kappa shape index (κ3) is 4.57. The second kappa shape index (κ2) is 8.12. The molecule has 5 heteroatoms. The summed E-state index contributed by atoms with van der Waals surface area (Å²) in [6, 6.07) is 11.0. The Morgan fingerprint density at radius 3 is 2.76 bits per heavy atom. The maximum atomic E-state index is 11.2. The third-order valence-corrected chi connectivity index (χ3v) is 4.69. The minimum atomic E-state index is -0.333. The van der Waals surface area contributed by atoms with E-state index in [1.807, 2.05) is 23.9 Å². The summed E-state index contributed by atoms with van der Waals surface area (Å²) in [5.41, 5.74) is 3.41. The zero-order valence-corrected chi connectivity index (χ0v) is 14.9. The quantitative estimate of drug-likeness (QED) is 0.599.